The molecule has 0 aliphatic heterocycles. The number of nitrogens with one attached hydrogen (secondary N) is 1. The molecule has 0 radical (unpaired) electrons. The Hall–Kier alpha value is -3.55. The van der Waals surface area contributed by atoms with Crippen molar-refractivity contribution in [2.24, 2.45) is 5.92 Å². The minimum atomic E-state index is -0.586. The van der Waals surface area contributed by atoms with Crippen LogP contribution in [-0.2, 0) is 12.0 Å². The average molecular weight is 467 g/mol. The maximum absolute atomic E-state index is 10.3. The molecule has 4 rings (SSSR count). The van der Waals surface area contributed by atoms with Crippen molar-refractivity contribution in [3.05, 3.63) is 83.9 Å². The minimum Gasteiger partial charge on any atom is -0.493 e. The molecule has 4 aromatic carbocycles. The molecule has 0 saturated heterocycles. The van der Waals surface area contributed by atoms with Crippen LogP contribution in [0, 0.1) is 17.2 Å². The van der Waals surface area contributed by atoms with Crippen molar-refractivity contribution in [1.82, 2.24) is 5.32 Å². The van der Waals surface area contributed by atoms with Crippen LogP contribution in [0.5, 0.6) is 11.5 Å². The fraction of sp³-hybridized carbons (Fsp3) is 0.323. The third-order valence-electron chi connectivity index (χ3n) is 7.18. The van der Waals surface area contributed by atoms with Gasteiger partial charge in [-0.3, -0.25) is 0 Å². The quantitative estimate of drug-likeness (QED) is 0.202. The Morgan fingerprint density at radius 1 is 0.857 bits per heavy atom. The van der Waals surface area contributed by atoms with Crippen LogP contribution >= 0.6 is 0 Å². The topological polar surface area (TPSA) is 54.3 Å². The molecule has 0 spiro atoms. The summed E-state index contributed by atoms with van der Waals surface area (Å²) in [4.78, 5) is 0. The molecule has 4 nitrogen and oxygen atoms in total. The van der Waals surface area contributed by atoms with Crippen molar-refractivity contribution < 1.29 is 9.47 Å². The smallest absolute Gasteiger partial charge is 0.161 e. The number of methoxy groups -OCH3 is 2. The van der Waals surface area contributed by atoms with Gasteiger partial charge in [0, 0.05) is 6.54 Å². The highest BCUT2D eigenvalue weighted by molar-refractivity contribution is 6.08. The fourth-order valence-electron chi connectivity index (χ4n) is 5.12. The number of rotatable bonds is 10. The summed E-state index contributed by atoms with van der Waals surface area (Å²) in [5.74, 6) is 1.50. The molecule has 180 valence electrons. The lowest BCUT2D eigenvalue weighted by molar-refractivity contribution is 0.341. The zero-order chi connectivity index (χ0) is 24.8. The highest BCUT2D eigenvalue weighted by Gasteiger charge is 2.36. The highest BCUT2D eigenvalue weighted by atomic mass is 16.5. The van der Waals surface area contributed by atoms with E-state index in [0.717, 1.165) is 31.5 Å². The molecule has 0 aliphatic carbocycles. The summed E-state index contributed by atoms with van der Waals surface area (Å²) in [7, 11) is 3.26. The molecule has 4 aromatic rings. The van der Waals surface area contributed by atoms with E-state index in [4.69, 9.17) is 9.47 Å². The second kappa shape index (κ2) is 10.8. The maximum Gasteiger partial charge on any atom is 0.161 e. The van der Waals surface area contributed by atoms with Gasteiger partial charge in [0.25, 0.3) is 0 Å². The van der Waals surface area contributed by atoms with Crippen LogP contribution in [0.2, 0.25) is 0 Å². The lowest BCUT2D eigenvalue weighted by Crippen LogP contribution is -2.32. The Labute approximate surface area is 208 Å². The molecule has 1 atom stereocenters. The van der Waals surface area contributed by atoms with Crippen molar-refractivity contribution in [2.45, 2.75) is 38.6 Å². The number of fused-ring (bicyclic) bond motifs is 3. The van der Waals surface area contributed by atoms with E-state index >= 15 is 0 Å². The summed E-state index contributed by atoms with van der Waals surface area (Å²) in [6, 6.07) is 28.0. The molecule has 0 aromatic heterocycles. The number of hydrogen-bond donors (Lipinski definition) is 1. The summed E-state index contributed by atoms with van der Waals surface area (Å²) in [6.07, 6.45) is 1.66. The molecule has 1 unspecified atom stereocenters. The van der Waals surface area contributed by atoms with Crippen LogP contribution in [0.15, 0.2) is 72.8 Å². The standard InChI is InChI=1S/C31H34N2O2/c1-22(2)31(21-32,25-14-15-29(34-3)30(19-25)35-4)16-9-17-33-20-24-18-23-10-5-6-11-26(23)28-13-8-7-12-27(24)28/h5-8,10-15,18-19,22,33H,9,16-17,20H2,1-4H3. The van der Waals surface area contributed by atoms with Crippen LogP contribution in [0.4, 0.5) is 0 Å². The van der Waals surface area contributed by atoms with Gasteiger partial charge in [-0.05, 0) is 76.2 Å². The van der Waals surface area contributed by atoms with Crippen LogP contribution in [0.25, 0.3) is 21.5 Å². The Bertz CT molecular complexity index is 1360. The van der Waals surface area contributed by atoms with E-state index in [9.17, 15) is 5.26 Å². The number of benzene rings is 4. The van der Waals surface area contributed by atoms with E-state index in [1.807, 2.05) is 18.2 Å². The Kier molecular flexibility index (Phi) is 7.58. The summed E-state index contributed by atoms with van der Waals surface area (Å²) in [5.41, 5.74) is 1.69. The first-order chi connectivity index (χ1) is 17.0. The zero-order valence-corrected chi connectivity index (χ0v) is 21.1. The molecular weight excluding hydrogens is 432 g/mol. The van der Waals surface area contributed by atoms with E-state index < -0.39 is 5.41 Å². The van der Waals surface area contributed by atoms with E-state index in [1.54, 1.807) is 14.2 Å². The molecule has 0 aliphatic rings. The third-order valence-corrected chi connectivity index (χ3v) is 7.18. The van der Waals surface area contributed by atoms with Gasteiger partial charge in [0.1, 0.15) is 0 Å². The van der Waals surface area contributed by atoms with Gasteiger partial charge in [0.15, 0.2) is 11.5 Å². The first-order valence-corrected chi connectivity index (χ1v) is 12.3. The van der Waals surface area contributed by atoms with Crippen LogP contribution in [0.1, 0.15) is 37.8 Å². The van der Waals surface area contributed by atoms with E-state index in [-0.39, 0.29) is 5.92 Å². The monoisotopic (exact) mass is 466 g/mol. The molecule has 4 heteroatoms. The van der Waals surface area contributed by atoms with Gasteiger partial charge in [-0.1, -0.05) is 68.4 Å². The second-order valence-electron chi connectivity index (χ2n) is 9.39. The van der Waals surface area contributed by atoms with Gasteiger partial charge in [0.05, 0.1) is 25.7 Å². The highest BCUT2D eigenvalue weighted by Crippen LogP contribution is 2.40. The van der Waals surface area contributed by atoms with Crippen molar-refractivity contribution in [1.29, 1.82) is 5.26 Å². The number of nitriles is 1. The lowest BCUT2D eigenvalue weighted by Gasteiger charge is -2.32. The van der Waals surface area contributed by atoms with Gasteiger partial charge < -0.3 is 14.8 Å². The predicted octanol–water partition coefficient (Wildman–Crippen LogP) is 7.00. The molecule has 0 saturated carbocycles. The van der Waals surface area contributed by atoms with E-state index in [2.05, 4.69) is 79.8 Å². The van der Waals surface area contributed by atoms with Gasteiger partial charge in [0.2, 0.25) is 0 Å². The van der Waals surface area contributed by atoms with Gasteiger partial charge in [-0.2, -0.15) is 5.26 Å². The first kappa shape index (κ1) is 24.6. The molecule has 0 bridgehead atoms. The van der Waals surface area contributed by atoms with Crippen LogP contribution < -0.4 is 14.8 Å². The second-order valence-corrected chi connectivity index (χ2v) is 9.39. The predicted molar refractivity (Wildman–Crippen MR) is 144 cm³/mol. The molecule has 1 N–H and O–H groups in total. The average Bonchev–Trinajstić information content (AvgIpc) is 2.90. The van der Waals surface area contributed by atoms with E-state index in [1.165, 1.54) is 27.1 Å². The van der Waals surface area contributed by atoms with Crippen molar-refractivity contribution in [3.8, 4) is 17.6 Å². The molecule has 0 fully saturated rings. The summed E-state index contributed by atoms with van der Waals surface area (Å²) in [6.45, 7) is 5.87. The van der Waals surface area contributed by atoms with Crippen LogP contribution in [-0.4, -0.2) is 20.8 Å². The summed E-state index contributed by atoms with van der Waals surface area (Å²) >= 11 is 0. The van der Waals surface area contributed by atoms with Gasteiger partial charge in [-0.15, -0.1) is 0 Å². The molecular formula is C31H34N2O2. The zero-order valence-electron chi connectivity index (χ0n) is 21.1. The number of nitrogens with zero attached hydrogens (tertiary/aromatic N) is 1. The SMILES string of the molecule is COc1ccc(C(C#N)(CCCNCc2cc3ccccc3c3ccccc23)C(C)C)cc1OC. The van der Waals surface area contributed by atoms with Crippen LogP contribution in [0.3, 0.4) is 0 Å². The normalized spacial score (nSPS) is 13.0. The van der Waals surface area contributed by atoms with Crippen molar-refractivity contribution in [3.63, 3.8) is 0 Å². The number of hydrogen-bond acceptors (Lipinski definition) is 4. The Morgan fingerprint density at radius 2 is 1.54 bits per heavy atom. The fourth-order valence-corrected chi connectivity index (χ4v) is 5.12. The van der Waals surface area contributed by atoms with Crippen molar-refractivity contribution >= 4 is 21.5 Å². The molecule has 35 heavy (non-hydrogen) atoms. The molecule has 0 amide bonds. The van der Waals surface area contributed by atoms with Crippen molar-refractivity contribution in [2.75, 3.05) is 20.8 Å². The lowest BCUT2D eigenvalue weighted by atomic mass is 9.70. The largest absolute Gasteiger partial charge is 0.493 e. The third kappa shape index (κ3) is 4.83. The summed E-state index contributed by atoms with van der Waals surface area (Å²) in [5, 5.41) is 19.1. The Balaban J connectivity index is 1.48. The molecule has 0 heterocycles. The first-order valence-electron chi connectivity index (χ1n) is 12.3. The summed E-state index contributed by atoms with van der Waals surface area (Å²) < 4.78 is 10.9. The van der Waals surface area contributed by atoms with Gasteiger partial charge >= 0.3 is 0 Å². The van der Waals surface area contributed by atoms with Gasteiger partial charge in [-0.25, -0.2) is 0 Å². The minimum absolute atomic E-state index is 0.162. The van der Waals surface area contributed by atoms with E-state index in [0.29, 0.717) is 11.5 Å². The Morgan fingerprint density at radius 3 is 2.23 bits per heavy atom. The maximum atomic E-state index is 10.3. The number of ether oxygens (including phenoxy) is 2.